The van der Waals surface area contributed by atoms with E-state index in [2.05, 4.69) is 15.5 Å². The molecule has 0 aromatic heterocycles. The molecule has 3 amide bonds. The second kappa shape index (κ2) is 9.19. The molecule has 3 rings (SSSR count). The predicted octanol–water partition coefficient (Wildman–Crippen LogP) is 1.01. The van der Waals surface area contributed by atoms with Crippen molar-refractivity contribution in [2.24, 2.45) is 0 Å². The highest BCUT2D eigenvalue weighted by Crippen LogP contribution is 2.19. The maximum Gasteiger partial charge on any atom is 0.251 e. The zero-order chi connectivity index (χ0) is 20.1. The second-order valence-electron chi connectivity index (χ2n) is 7.82. The Balaban J connectivity index is 1.40. The Morgan fingerprint density at radius 3 is 2.29 bits per heavy atom. The Morgan fingerprint density at radius 1 is 1.04 bits per heavy atom. The van der Waals surface area contributed by atoms with Crippen LogP contribution in [0.1, 0.15) is 43.5 Å². The molecule has 0 spiro atoms. The summed E-state index contributed by atoms with van der Waals surface area (Å²) < 4.78 is 0. The third kappa shape index (κ3) is 5.55. The summed E-state index contributed by atoms with van der Waals surface area (Å²) in [6.45, 7) is 6.37. The number of amides is 3. The molecule has 2 aliphatic rings. The number of nitrogens with one attached hydrogen (secondary N) is 2. The number of piperazine rings is 1. The molecule has 28 heavy (non-hydrogen) atoms. The van der Waals surface area contributed by atoms with Crippen LogP contribution >= 0.6 is 0 Å². The summed E-state index contributed by atoms with van der Waals surface area (Å²) in [7, 11) is 0. The first-order valence-corrected chi connectivity index (χ1v) is 10.1. The molecule has 2 atom stereocenters. The van der Waals surface area contributed by atoms with Crippen LogP contribution in [0.15, 0.2) is 30.3 Å². The van der Waals surface area contributed by atoms with Crippen LogP contribution in [0.25, 0.3) is 0 Å². The van der Waals surface area contributed by atoms with Crippen LogP contribution in [0.4, 0.5) is 0 Å². The Hall–Kier alpha value is -2.41. The molecule has 152 valence electrons. The van der Waals surface area contributed by atoms with E-state index in [1.165, 1.54) is 0 Å². The van der Waals surface area contributed by atoms with E-state index in [0.29, 0.717) is 37.8 Å². The van der Waals surface area contributed by atoms with Crippen molar-refractivity contribution in [3.63, 3.8) is 0 Å². The lowest BCUT2D eigenvalue weighted by atomic mass is 10.1. The average Bonchev–Trinajstić information content (AvgIpc) is 3.52. The number of hydrogen-bond acceptors (Lipinski definition) is 4. The Bertz CT molecular complexity index is 697. The molecule has 1 aromatic rings. The van der Waals surface area contributed by atoms with Gasteiger partial charge < -0.3 is 15.5 Å². The molecule has 1 saturated heterocycles. The van der Waals surface area contributed by atoms with Crippen LogP contribution in [0.2, 0.25) is 0 Å². The molecule has 1 aliphatic carbocycles. The average molecular weight is 386 g/mol. The SMILES string of the molecule is CC(CC(=O)N1CCN(C(C)C(=O)NC2CC2)CC1)NC(=O)c1ccccc1. The van der Waals surface area contributed by atoms with Crippen molar-refractivity contribution in [1.29, 1.82) is 0 Å². The predicted molar refractivity (Wildman–Crippen MR) is 107 cm³/mol. The minimum atomic E-state index is -0.235. The van der Waals surface area contributed by atoms with Crippen LogP contribution in [0.3, 0.4) is 0 Å². The summed E-state index contributed by atoms with van der Waals surface area (Å²) in [5.74, 6) is -0.0451. The largest absolute Gasteiger partial charge is 0.352 e. The highest BCUT2D eigenvalue weighted by atomic mass is 16.2. The van der Waals surface area contributed by atoms with Crippen LogP contribution in [0, 0.1) is 0 Å². The van der Waals surface area contributed by atoms with Gasteiger partial charge >= 0.3 is 0 Å². The molecule has 1 heterocycles. The van der Waals surface area contributed by atoms with E-state index in [9.17, 15) is 14.4 Å². The van der Waals surface area contributed by atoms with E-state index >= 15 is 0 Å². The van der Waals surface area contributed by atoms with Crippen molar-refractivity contribution in [2.45, 2.75) is 51.2 Å². The topological polar surface area (TPSA) is 81.8 Å². The fourth-order valence-corrected chi connectivity index (χ4v) is 3.41. The van der Waals surface area contributed by atoms with Crippen molar-refractivity contribution in [3.8, 4) is 0 Å². The van der Waals surface area contributed by atoms with Gasteiger partial charge in [0, 0.05) is 50.2 Å². The van der Waals surface area contributed by atoms with Crippen molar-refractivity contribution in [2.75, 3.05) is 26.2 Å². The van der Waals surface area contributed by atoms with E-state index in [1.54, 1.807) is 12.1 Å². The van der Waals surface area contributed by atoms with E-state index < -0.39 is 0 Å². The van der Waals surface area contributed by atoms with Gasteiger partial charge in [0.1, 0.15) is 0 Å². The highest BCUT2D eigenvalue weighted by Gasteiger charge is 2.31. The van der Waals surface area contributed by atoms with Gasteiger partial charge in [-0.15, -0.1) is 0 Å². The van der Waals surface area contributed by atoms with Gasteiger partial charge in [0.15, 0.2) is 0 Å². The monoisotopic (exact) mass is 386 g/mol. The first-order valence-electron chi connectivity index (χ1n) is 10.1. The molecule has 7 nitrogen and oxygen atoms in total. The standard InChI is InChI=1S/C21H30N4O3/c1-15(22-21(28)17-6-4-3-5-7-17)14-19(26)25-12-10-24(11-13-25)16(2)20(27)23-18-8-9-18/h3-7,15-16,18H,8-14H2,1-2H3,(H,22,28)(H,23,27). The number of benzene rings is 1. The molecular formula is C21H30N4O3. The van der Waals surface area contributed by atoms with Gasteiger partial charge in [-0.25, -0.2) is 0 Å². The van der Waals surface area contributed by atoms with E-state index in [0.717, 1.165) is 12.8 Å². The van der Waals surface area contributed by atoms with Crippen LogP contribution in [0.5, 0.6) is 0 Å². The van der Waals surface area contributed by atoms with Gasteiger partial charge in [0.05, 0.1) is 6.04 Å². The van der Waals surface area contributed by atoms with Gasteiger partial charge in [-0.1, -0.05) is 18.2 Å². The maximum absolute atomic E-state index is 12.6. The van der Waals surface area contributed by atoms with Gasteiger partial charge in [-0.05, 0) is 38.8 Å². The third-order valence-corrected chi connectivity index (χ3v) is 5.41. The van der Waals surface area contributed by atoms with Gasteiger partial charge in [0.25, 0.3) is 5.91 Å². The van der Waals surface area contributed by atoms with E-state index in [4.69, 9.17) is 0 Å². The molecule has 0 bridgehead atoms. The fraction of sp³-hybridized carbons (Fsp3) is 0.571. The minimum absolute atomic E-state index is 0.0376. The molecule has 0 radical (unpaired) electrons. The molecule has 2 fully saturated rings. The number of carbonyl (C=O) groups excluding carboxylic acids is 3. The van der Waals surface area contributed by atoms with Gasteiger partial charge in [-0.2, -0.15) is 0 Å². The molecule has 1 saturated carbocycles. The maximum atomic E-state index is 12.6. The quantitative estimate of drug-likeness (QED) is 0.733. The van der Waals surface area contributed by atoms with Crippen molar-refractivity contribution >= 4 is 17.7 Å². The lowest BCUT2D eigenvalue weighted by molar-refractivity contribution is -0.134. The Morgan fingerprint density at radius 2 is 1.68 bits per heavy atom. The second-order valence-corrected chi connectivity index (χ2v) is 7.82. The third-order valence-electron chi connectivity index (χ3n) is 5.41. The van der Waals surface area contributed by atoms with Crippen LogP contribution in [-0.4, -0.2) is 71.8 Å². The first-order chi connectivity index (χ1) is 13.4. The smallest absolute Gasteiger partial charge is 0.251 e. The minimum Gasteiger partial charge on any atom is -0.352 e. The first kappa shape index (κ1) is 20.3. The molecule has 2 unspecified atom stereocenters. The normalized spacial score (nSPS) is 19.6. The van der Waals surface area contributed by atoms with Crippen molar-refractivity contribution in [3.05, 3.63) is 35.9 Å². The number of carbonyl (C=O) groups is 3. The van der Waals surface area contributed by atoms with Gasteiger partial charge in [0.2, 0.25) is 11.8 Å². The summed E-state index contributed by atoms with van der Waals surface area (Å²) in [5.41, 5.74) is 0.592. The van der Waals surface area contributed by atoms with E-state index in [1.807, 2.05) is 36.9 Å². The number of nitrogens with zero attached hydrogens (tertiary/aromatic N) is 2. The summed E-state index contributed by atoms with van der Waals surface area (Å²) in [6, 6.07) is 8.97. The van der Waals surface area contributed by atoms with Crippen molar-refractivity contribution < 1.29 is 14.4 Å². The van der Waals surface area contributed by atoms with E-state index in [-0.39, 0.29) is 36.2 Å². The molecule has 1 aliphatic heterocycles. The zero-order valence-corrected chi connectivity index (χ0v) is 16.7. The molecular weight excluding hydrogens is 356 g/mol. The highest BCUT2D eigenvalue weighted by molar-refractivity contribution is 5.94. The number of hydrogen-bond donors (Lipinski definition) is 2. The lowest BCUT2D eigenvalue weighted by Gasteiger charge is -2.37. The summed E-state index contributed by atoms with van der Waals surface area (Å²) in [6.07, 6.45) is 2.44. The molecule has 2 N–H and O–H groups in total. The van der Waals surface area contributed by atoms with Crippen molar-refractivity contribution in [1.82, 2.24) is 20.4 Å². The van der Waals surface area contributed by atoms with Gasteiger partial charge in [-0.3, -0.25) is 19.3 Å². The zero-order valence-electron chi connectivity index (χ0n) is 16.7. The summed E-state index contributed by atoms with van der Waals surface area (Å²) in [4.78, 5) is 40.9. The lowest BCUT2D eigenvalue weighted by Crippen LogP contribution is -2.55. The fourth-order valence-electron chi connectivity index (χ4n) is 3.41. The Labute approximate surface area is 166 Å². The summed E-state index contributed by atoms with van der Waals surface area (Å²) in [5, 5.41) is 5.92. The molecule has 7 heteroatoms. The summed E-state index contributed by atoms with van der Waals surface area (Å²) >= 11 is 0. The van der Waals surface area contributed by atoms with Crippen LogP contribution < -0.4 is 10.6 Å². The Kier molecular flexibility index (Phi) is 6.67. The van der Waals surface area contributed by atoms with Crippen LogP contribution in [-0.2, 0) is 9.59 Å². The molecule has 1 aromatic carbocycles. The number of rotatable bonds is 7.